The molecular formula is C25H26BrNO3. The van der Waals surface area contributed by atoms with Crippen molar-refractivity contribution < 1.29 is 14.6 Å². The maximum Gasteiger partial charge on any atom is 0.306 e. The molecular weight excluding hydrogens is 442 g/mol. The number of carboxylic acids is 1. The van der Waals surface area contributed by atoms with Crippen molar-refractivity contribution in [2.24, 2.45) is 5.92 Å². The Kier molecular flexibility index (Phi) is 6.40. The van der Waals surface area contributed by atoms with Crippen molar-refractivity contribution in [2.75, 3.05) is 19.7 Å². The fourth-order valence-electron chi connectivity index (χ4n) is 4.47. The molecule has 4 nitrogen and oxygen atoms in total. The number of rotatable bonds is 6. The van der Waals surface area contributed by atoms with Crippen molar-refractivity contribution in [3.63, 3.8) is 0 Å². The summed E-state index contributed by atoms with van der Waals surface area (Å²) in [6.45, 7) is 4.07. The number of ether oxygens (including phenoxy) is 1. The summed E-state index contributed by atoms with van der Waals surface area (Å²) in [5.74, 6) is -0.0731. The minimum absolute atomic E-state index is 0.00936. The summed E-state index contributed by atoms with van der Waals surface area (Å²) in [5, 5.41) is 11.9. The third-order valence-electron chi connectivity index (χ3n) is 5.93. The number of halogens is 1. The van der Waals surface area contributed by atoms with Gasteiger partial charge in [0.05, 0.1) is 18.6 Å². The number of piperidine rings is 1. The van der Waals surface area contributed by atoms with Gasteiger partial charge in [0.15, 0.2) is 0 Å². The van der Waals surface area contributed by atoms with Crippen LogP contribution in [0.4, 0.5) is 0 Å². The molecule has 156 valence electrons. The van der Waals surface area contributed by atoms with Gasteiger partial charge in [0.25, 0.3) is 0 Å². The van der Waals surface area contributed by atoms with E-state index in [4.69, 9.17) is 4.74 Å². The molecule has 0 saturated carbocycles. The van der Waals surface area contributed by atoms with E-state index in [1.807, 2.05) is 19.1 Å². The normalized spacial score (nSPS) is 16.5. The van der Waals surface area contributed by atoms with E-state index in [0.717, 1.165) is 28.9 Å². The predicted molar refractivity (Wildman–Crippen MR) is 123 cm³/mol. The highest BCUT2D eigenvalue weighted by Crippen LogP contribution is 2.41. The van der Waals surface area contributed by atoms with Crippen LogP contribution in [0.3, 0.4) is 0 Å². The largest absolute Gasteiger partial charge is 0.494 e. The lowest BCUT2D eigenvalue weighted by atomic mass is 9.88. The number of carboxylic acid groups (broad SMARTS) is 1. The molecule has 3 aromatic carbocycles. The molecule has 0 bridgehead atoms. The molecule has 1 atom stereocenters. The molecule has 1 fully saturated rings. The van der Waals surface area contributed by atoms with Crippen molar-refractivity contribution in [1.82, 2.24) is 4.90 Å². The third-order valence-corrected chi connectivity index (χ3v) is 6.42. The van der Waals surface area contributed by atoms with Crippen molar-refractivity contribution in [1.29, 1.82) is 0 Å². The molecule has 1 saturated heterocycles. The molecule has 5 heteroatoms. The molecule has 1 N–H and O–H groups in total. The van der Waals surface area contributed by atoms with Gasteiger partial charge in [-0.25, -0.2) is 0 Å². The Morgan fingerprint density at radius 2 is 1.83 bits per heavy atom. The molecule has 1 unspecified atom stereocenters. The smallest absolute Gasteiger partial charge is 0.306 e. The Hall–Kier alpha value is -2.37. The molecule has 0 radical (unpaired) electrons. The number of hydrogen-bond acceptors (Lipinski definition) is 3. The van der Waals surface area contributed by atoms with Crippen LogP contribution in [-0.2, 0) is 4.79 Å². The Morgan fingerprint density at radius 1 is 1.10 bits per heavy atom. The van der Waals surface area contributed by atoms with Gasteiger partial charge in [-0.05, 0) is 67.4 Å². The van der Waals surface area contributed by atoms with Gasteiger partial charge < -0.3 is 9.84 Å². The van der Waals surface area contributed by atoms with Crippen LogP contribution in [0.25, 0.3) is 10.8 Å². The van der Waals surface area contributed by atoms with E-state index in [1.54, 1.807) is 0 Å². The lowest BCUT2D eigenvalue weighted by Crippen LogP contribution is -2.39. The first kappa shape index (κ1) is 20.9. The molecule has 0 aliphatic carbocycles. The second kappa shape index (κ2) is 9.19. The zero-order chi connectivity index (χ0) is 21.1. The number of aliphatic carboxylic acids is 1. The molecule has 1 aliphatic heterocycles. The molecule has 0 spiro atoms. The summed E-state index contributed by atoms with van der Waals surface area (Å²) in [6, 6.07) is 21.0. The van der Waals surface area contributed by atoms with Crippen LogP contribution in [0.1, 0.15) is 36.9 Å². The van der Waals surface area contributed by atoms with Gasteiger partial charge >= 0.3 is 5.97 Å². The Morgan fingerprint density at radius 3 is 2.57 bits per heavy atom. The van der Waals surface area contributed by atoms with Gasteiger partial charge in [-0.3, -0.25) is 9.69 Å². The second-order valence-electron chi connectivity index (χ2n) is 7.73. The minimum Gasteiger partial charge on any atom is -0.494 e. The predicted octanol–water partition coefficient (Wildman–Crippen LogP) is 5.89. The van der Waals surface area contributed by atoms with Gasteiger partial charge in [-0.2, -0.15) is 0 Å². The lowest BCUT2D eigenvalue weighted by Gasteiger charge is -2.38. The zero-order valence-corrected chi connectivity index (χ0v) is 18.6. The first-order chi connectivity index (χ1) is 14.6. The van der Waals surface area contributed by atoms with Crippen LogP contribution in [-0.4, -0.2) is 35.7 Å². The molecule has 30 heavy (non-hydrogen) atoms. The first-order valence-corrected chi connectivity index (χ1v) is 11.2. The van der Waals surface area contributed by atoms with E-state index in [9.17, 15) is 9.90 Å². The summed E-state index contributed by atoms with van der Waals surface area (Å²) >= 11 is 3.64. The molecule has 4 rings (SSSR count). The fourth-order valence-corrected chi connectivity index (χ4v) is 4.85. The topological polar surface area (TPSA) is 49.8 Å². The van der Waals surface area contributed by atoms with Crippen LogP contribution in [0.5, 0.6) is 5.75 Å². The average molecular weight is 468 g/mol. The van der Waals surface area contributed by atoms with E-state index in [2.05, 4.69) is 69.4 Å². The van der Waals surface area contributed by atoms with Crippen molar-refractivity contribution in [2.45, 2.75) is 25.8 Å². The van der Waals surface area contributed by atoms with Gasteiger partial charge in [0, 0.05) is 10.0 Å². The number of benzene rings is 3. The molecule has 0 aromatic heterocycles. The Bertz CT molecular complexity index is 1040. The molecule has 1 heterocycles. The van der Waals surface area contributed by atoms with E-state index < -0.39 is 5.97 Å². The summed E-state index contributed by atoms with van der Waals surface area (Å²) in [6.07, 6.45) is 1.32. The van der Waals surface area contributed by atoms with Crippen LogP contribution >= 0.6 is 15.9 Å². The zero-order valence-electron chi connectivity index (χ0n) is 17.1. The van der Waals surface area contributed by atoms with Crippen molar-refractivity contribution >= 4 is 32.7 Å². The van der Waals surface area contributed by atoms with Gasteiger partial charge in [-0.1, -0.05) is 58.4 Å². The fraction of sp³-hybridized carbons (Fsp3) is 0.320. The summed E-state index contributed by atoms with van der Waals surface area (Å²) < 4.78 is 7.02. The monoisotopic (exact) mass is 467 g/mol. The highest BCUT2D eigenvalue weighted by atomic mass is 79.9. The number of hydrogen-bond donors (Lipinski definition) is 1. The maximum absolute atomic E-state index is 11.5. The van der Waals surface area contributed by atoms with Gasteiger partial charge in [0.1, 0.15) is 5.75 Å². The van der Waals surface area contributed by atoms with Crippen LogP contribution in [0.2, 0.25) is 0 Å². The molecule has 0 amide bonds. The SMILES string of the molecule is CCOc1ccc(Br)cc1C(c1cccc2ccccc12)N1CCC(C(=O)O)CC1. The molecule has 1 aliphatic rings. The summed E-state index contributed by atoms with van der Waals surface area (Å²) in [7, 11) is 0. The van der Waals surface area contributed by atoms with Crippen molar-refractivity contribution in [3.05, 3.63) is 76.3 Å². The van der Waals surface area contributed by atoms with E-state index in [1.165, 1.54) is 16.3 Å². The lowest BCUT2D eigenvalue weighted by molar-refractivity contribution is -0.143. The minimum atomic E-state index is -0.686. The van der Waals surface area contributed by atoms with Crippen molar-refractivity contribution in [3.8, 4) is 5.75 Å². The third kappa shape index (κ3) is 4.23. The van der Waals surface area contributed by atoms with E-state index in [-0.39, 0.29) is 12.0 Å². The highest BCUT2D eigenvalue weighted by molar-refractivity contribution is 9.10. The quantitative estimate of drug-likeness (QED) is 0.491. The first-order valence-electron chi connectivity index (χ1n) is 10.4. The number of nitrogens with zero attached hydrogens (tertiary/aromatic N) is 1. The summed E-state index contributed by atoms with van der Waals surface area (Å²) in [5.41, 5.74) is 2.33. The second-order valence-corrected chi connectivity index (χ2v) is 8.65. The average Bonchev–Trinajstić information content (AvgIpc) is 2.76. The van der Waals surface area contributed by atoms with Crippen LogP contribution in [0.15, 0.2) is 65.1 Å². The Balaban J connectivity index is 1.84. The maximum atomic E-state index is 11.5. The van der Waals surface area contributed by atoms with Crippen LogP contribution in [0, 0.1) is 5.92 Å². The Labute approximate surface area is 185 Å². The summed E-state index contributed by atoms with van der Waals surface area (Å²) in [4.78, 5) is 13.9. The van der Waals surface area contributed by atoms with Gasteiger partial charge in [-0.15, -0.1) is 0 Å². The number of likely N-dealkylation sites (tertiary alicyclic amines) is 1. The standard InChI is InChI=1S/C25H26BrNO3/c1-2-30-23-11-10-19(26)16-22(23)24(27-14-12-18(13-15-27)25(28)29)21-9-5-7-17-6-3-4-8-20(17)21/h3-11,16,18,24H,2,12-15H2,1H3,(H,28,29). The highest BCUT2D eigenvalue weighted by Gasteiger charge is 2.32. The number of fused-ring (bicyclic) bond motifs is 1. The van der Waals surface area contributed by atoms with E-state index in [0.29, 0.717) is 19.4 Å². The number of carbonyl (C=O) groups is 1. The molecule has 3 aromatic rings. The van der Waals surface area contributed by atoms with Crippen LogP contribution < -0.4 is 4.74 Å². The van der Waals surface area contributed by atoms with Gasteiger partial charge in [0.2, 0.25) is 0 Å². The van der Waals surface area contributed by atoms with E-state index >= 15 is 0 Å².